The zero-order chi connectivity index (χ0) is 11.1. The molecule has 0 aromatic rings. The van der Waals surface area contributed by atoms with Crippen LogP contribution in [0.4, 0.5) is 4.79 Å². The molecule has 2 amide bonds. The van der Waals surface area contributed by atoms with Crippen LogP contribution in [-0.2, 0) is 0 Å². The number of halogens is 1. The van der Waals surface area contributed by atoms with Gasteiger partial charge in [0.15, 0.2) is 0 Å². The standard InChI is InChI=1S/C7H12ClN3O2S2/c8-1-2-11(10-13)7(12)9-6-3-14-5-15-4-6/h6H,1-5H2,(H,9,12). The van der Waals surface area contributed by atoms with E-state index in [0.717, 1.165) is 21.6 Å². The Morgan fingerprint density at radius 3 is 2.73 bits per heavy atom. The molecule has 1 rings (SSSR count). The molecule has 0 aromatic heterocycles. The molecule has 0 aliphatic carbocycles. The highest BCUT2D eigenvalue weighted by molar-refractivity contribution is 8.16. The molecule has 1 heterocycles. The maximum atomic E-state index is 11.5. The molecule has 86 valence electrons. The summed E-state index contributed by atoms with van der Waals surface area (Å²) in [5, 5.41) is 7.24. The summed E-state index contributed by atoms with van der Waals surface area (Å²) in [5.41, 5.74) is 0. The van der Waals surface area contributed by atoms with E-state index in [1.807, 2.05) is 0 Å². The van der Waals surface area contributed by atoms with Crippen molar-refractivity contribution in [3.63, 3.8) is 0 Å². The molecule has 1 aliphatic heterocycles. The zero-order valence-corrected chi connectivity index (χ0v) is 10.4. The van der Waals surface area contributed by atoms with Crippen molar-refractivity contribution in [1.82, 2.24) is 10.3 Å². The molecule has 1 aliphatic rings. The molecule has 0 aromatic carbocycles. The SMILES string of the molecule is O=NN(CCCl)C(=O)NC1CSCSC1. The highest BCUT2D eigenvalue weighted by Gasteiger charge is 2.20. The topological polar surface area (TPSA) is 61.8 Å². The van der Waals surface area contributed by atoms with E-state index in [1.54, 1.807) is 23.5 Å². The Morgan fingerprint density at radius 1 is 1.53 bits per heavy atom. The van der Waals surface area contributed by atoms with Crippen molar-refractivity contribution in [2.24, 2.45) is 5.29 Å². The fraction of sp³-hybridized carbons (Fsp3) is 0.857. The molecule has 0 atom stereocenters. The molecule has 15 heavy (non-hydrogen) atoms. The van der Waals surface area contributed by atoms with Crippen molar-refractivity contribution in [2.45, 2.75) is 6.04 Å². The monoisotopic (exact) mass is 269 g/mol. The second kappa shape index (κ2) is 7.19. The first kappa shape index (κ1) is 12.9. The van der Waals surface area contributed by atoms with E-state index in [9.17, 15) is 9.70 Å². The average molecular weight is 270 g/mol. The summed E-state index contributed by atoms with van der Waals surface area (Å²) in [7, 11) is 0. The summed E-state index contributed by atoms with van der Waals surface area (Å²) in [6.07, 6.45) is 0. The van der Waals surface area contributed by atoms with Crippen molar-refractivity contribution in [3.8, 4) is 0 Å². The van der Waals surface area contributed by atoms with Gasteiger partial charge in [0.2, 0.25) is 0 Å². The van der Waals surface area contributed by atoms with Crippen LogP contribution >= 0.6 is 35.1 Å². The Balaban J connectivity index is 2.34. The van der Waals surface area contributed by atoms with Crippen molar-refractivity contribution in [1.29, 1.82) is 0 Å². The summed E-state index contributed by atoms with van der Waals surface area (Å²) in [6, 6.07) is -0.348. The number of urea groups is 1. The molecule has 0 radical (unpaired) electrons. The molecule has 0 saturated carbocycles. The molecule has 8 heteroatoms. The fourth-order valence-electron chi connectivity index (χ4n) is 1.08. The van der Waals surface area contributed by atoms with E-state index < -0.39 is 6.03 Å². The van der Waals surface area contributed by atoms with Crippen molar-refractivity contribution < 1.29 is 4.79 Å². The Labute approximate surface area is 102 Å². The molecule has 1 N–H and O–H groups in total. The number of nitroso groups, excluding NO2 is 1. The van der Waals surface area contributed by atoms with Gasteiger partial charge in [-0.1, -0.05) is 0 Å². The van der Waals surface area contributed by atoms with E-state index in [2.05, 4.69) is 10.6 Å². The second-order valence-electron chi connectivity index (χ2n) is 2.90. The predicted octanol–water partition coefficient (Wildman–Crippen LogP) is 1.72. The summed E-state index contributed by atoms with van der Waals surface area (Å²) in [5.74, 6) is 1.96. The molecule has 5 nitrogen and oxygen atoms in total. The minimum Gasteiger partial charge on any atom is -0.332 e. The third kappa shape index (κ3) is 4.48. The first-order chi connectivity index (χ1) is 7.27. The fourth-order valence-corrected chi connectivity index (χ4v) is 3.60. The van der Waals surface area contributed by atoms with Crippen LogP contribution in [0.2, 0.25) is 0 Å². The van der Waals surface area contributed by atoms with Crippen LogP contribution in [0.25, 0.3) is 0 Å². The smallest absolute Gasteiger partial charge is 0.332 e. The van der Waals surface area contributed by atoms with Gasteiger partial charge in [0.25, 0.3) is 0 Å². The Morgan fingerprint density at radius 2 is 2.20 bits per heavy atom. The largest absolute Gasteiger partial charge is 0.340 e. The number of carbonyl (C=O) groups excluding carboxylic acids is 1. The predicted molar refractivity (Wildman–Crippen MR) is 65.3 cm³/mol. The van der Waals surface area contributed by atoms with Crippen molar-refractivity contribution >= 4 is 41.2 Å². The van der Waals surface area contributed by atoms with Gasteiger partial charge in [0.05, 0.1) is 11.8 Å². The minimum absolute atomic E-state index is 0.112. The average Bonchev–Trinajstić information content (AvgIpc) is 2.27. The maximum Gasteiger partial charge on any atom is 0.340 e. The molecule has 0 unspecified atom stereocenters. The number of alkyl halides is 1. The van der Waals surface area contributed by atoms with Crippen molar-refractivity contribution in [2.75, 3.05) is 29.0 Å². The molecule has 1 fully saturated rings. The number of nitrogens with zero attached hydrogens (tertiary/aromatic N) is 2. The zero-order valence-electron chi connectivity index (χ0n) is 8.02. The van der Waals surface area contributed by atoms with Crippen LogP contribution in [0.1, 0.15) is 0 Å². The molecule has 0 bridgehead atoms. The third-order valence-corrected chi connectivity index (χ3v) is 4.54. The van der Waals surface area contributed by atoms with E-state index in [0.29, 0.717) is 0 Å². The van der Waals surface area contributed by atoms with Gasteiger partial charge in [-0.25, -0.2) is 4.79 Å². The van der Waals surface area contributed by atoms with E-state index in [-0.39, 0.29) is 18.5 Å². The van der Waals surface area contributed by atoms with Gasteiger partial charge in [-0.3, -0.25) is 0 Å². The second-order valence-corrected chi connectivity index (χ2v) is 5.70. The summed E-state index contributed by atoms with van der Waals surface area (Å²) < 4.78 is 0. The summed E-state index contributed by atoms with van der Waals surface area (Å²) in [4.78, 5) is 21.8. The van der Waals surface area contributed by atoms with Gasteiger partial charge in [-0.05, 0) is 0 Å². The maximum absolute atomic E-state index is 11.5. The number of nitrogens with one attached hydrogen (secondary N) is 1. The first-order valence-corrected chi connectivity index (χ1v) is 7.25. The molecule has 1 saturated heterocycles. The van der Waals surface area contributed by atoms with Gasteiger partial charge >= 0.3 is 6.03 Å². The summed E-state index contributed by atoms with van der Waals surface area (Å²) in [6.45, 7) is 0.143. The van der Waals surface area contributed by atoms with Gasteiger partial charge in [0, 0.05) is 28.5 Å². The number of hydrogen-bond acceptors (Lipinski definition) is 5. The summed E-state index contributed by atoms with van der Waals surface area (Å²) >= 11 is 8.98. The van der Waals surface area contributed by atoms with Crippen LogP contribution in [0, 0.1) is 4.91 Å². The van der Waals surface area contributed by atoms with Crippen LogP contribution in [-0.4, -0.2) is 46.1 Å². The number of carbonyl (C=O) groups is 1. The van der Waals surface area contributed by atoms with E-state index >= 15 is 0 Å². The lowest BCUT2D eigenvalue weighted by molar-refractivity contribution is 0.200. The molecular weight excluding hydrogens is 258 g/mol. The number of thioether (sulfide) groups is 2. The Kier molecular flexibility index (Phi) is 6.19. The normalized spacial score (nSPS) is 17.1. The van der Waals surface area contributed by atoms with Gasteiger partial charge in [-0.2, -0.15) is 5.01 Å². The van der Waals surface area contributed by atoms with Crippen LogP contribution < -0.4 is 5.32 Å². The Bertz CT molecular complexity index is 226. The van der Waals surface area contributed by atoms with Crippen molar-refractivity contribution in [3.05, 3.63) is 4.91 Å². The highest BCUT2D eigenvalue weighted by Crippen LogP contribution is 2.21. The van der Waals surface area contributed by atoms with Gasteiger partial charge in [-0.15, -0.1) is 40.0 Å². The van der Waals surface area contributed by atoms with Crippen LogP contribution in [0.15, 0.2) is 5.29 Å². The molecular formula is C7H12ClN3O2S2. The third-order valence-electron chi connectivity index (χ3n) is 1.76. The lowest BCUT2D eigenvalue weighted by Crippen LogP contribution is -2.46. The minimum atomic E-state index is -0.459. The lowest BCUT2D eigenvalue weighted by Gasteiger charge is -2.23. The van der Waals surface area contributed by atoms with Gasteiger partial charge in [0.1, 0.15) is 0 Å². The number of amides is 2. The first-order valence-electron chi connectivity index (χ1n) is 4.40. The Hall–Kier alpha value is -0.140. The van der Waals surface area contributed by atoms with E-state index in [4.69, 9.17) is 11.6 Å². The van der Waals surface area contributed by atoms with Gasteiger partial charge < -0.3 is 5.32 Å². The van der Waals surface area contributed by atoms with Crippen LogP contribution in [0.3, 0.4) is 0 Å². The molecule has 0 spiro atoms. The lowest BCUT2D eigenvalue weighted by atomic mass is 10.4. The van der Waals surface area contributed by atoms with E-state index in [1.165, 1.54) is 0 Å². The number of hydrogen-bond donors (Lipinski definition) is 1. The number of rotatable bonds is 4. The quantitative estimate of drug-likeness (QED) is 0.480. The van der Waals surface area contributed by atoms with Crippen LogP contribution in [0.5, 0.6) is 0 Å². The highest BCUT2D eigenvalue weighted by atomic mass is 35.5.